The van der Waals surface area contributed by atoms with E-state index in [1.54, 1.807) is 7.11 Å². The summed E-state index contributed by atoms with van der Waals surface area (Å²) in [7, 11) is 1.70. The van der Waals surface area contributed by atoms with Gasteiger partial charge in [0.05, 0.1) is 17.6 Å². The van der Waals surface area contributed by atoms with Crippen molar-refractivity contribution in [2.24, 2.45) is 0 Å². The first-order chi connectivity index (χ1) is 7.96. The highest BCUT2D eigenvalue weighted by molar-refractivity contribution is 5.77. The van der Waals surface area contributed by atoms with Gasteiger partial charge in [-0.3, -0.25) is 4.79 Å². The van der Waals surface area contributed by atoms with Crippen molar-refractivity contribution in [1.82, 2.24) is 4.90 Å². The van der Waals surface area contributed by atoms with Crippen molar-refractivity contribution < 1.29 is 14.6 Å². The van der Waals surface area contributed by atoms with Gasteiger partial charge >= 0.3 is 0 Å². The summed E-state index contributed by atoms with van der Waals surface area (Å²) in [5.41, 5.74) is -0.775. The normalized spacial score (nSPS) is 26.4. The van der Waals surface area contributed by atoms with Gasteiger partial charge in [0.25, 0.3) is 0 Å². The molecule has 0 bridgehead atoms. The summed E-state index contributed by atoms with van der Waals surface area (Å²) in [4.78, 5) is 14.0. The van der Waals surface area contributed by atoms with Crippen LogP contribution in [-0.4, -0.2) is 47.3 Å². The maximum absolute atomic E-state index is 12.1. The van der Waals surface area contributed by atoms with Crippen LogP contribution in [0, 0.1) is 0 Å². The highest BCUT2D eigenvalue weighted by Crippen LogP contribution is 2.38. The third-order valence-corrected chi connectivity index (χ3v) is 4.36. The zero-order chi connectivity index (χ0) is 12.5. The summed E-state index contributed by atoms with van der Waals surface area (Å²) in [5.74, 6) is 0.182. The third kappa shape index (κ3) is 2.80. The van der Waals surface area contributed by atoms with E-state index < -0.39 is 5.60 Å². The lowest BCUT2D eigenvalue weighted by Gasteiger charge is -2.42. The number of hydrogen-bond acceptors (Lipinski definition) is 3. The van der Waals surface area contributed by atoms with E-state index in [-0.39, 0.29) is 11.5 Å². The average molecular weight is 241 g/mol. The smallest absolute Gasteiger partial charge is 0.225 e. The van der Waals surface area contributed by atoms with Crippen molar-refractivity contribution in [3.63, 3.8) is 0 Å². The van der Waals surface area contributed by atoms with Gasteiger partial charge in [-0.05, 0) is 39.0 Å². The highest BCUT2D eigenvalue weighted by atomic mass is 16.5. The quantitative estimate of drug-likeness (QED) is 0.810. The number of nitrogens with zero attached hydrogens (tertiary/aromatic N) is 1. The van der Waals surface area contributed by atoms with Crippen molar-refractivity contribution in [3.05, 3.63) is 0 Å². The fraction of sp³-hybridized carbons (Fsp3) is 0.923. The SMILES string of the molecule is COC1(CC(=O)N2CCC(C)(O)CC2)CCC1. The zero-order valence-electron chi connectivity index (χ0n) is 10.9. The molecular formula is C13H23NO3. The predicted molar refractivity (Wildman–Crippen MR) is 64.6 cm³/mol. The van der Waals surface area contributed by atoms with Gasteiger partial charge in [-0.2, -0.15) is 0 Å². The molecule has 0 radical (unpaired) electrons. The second-order valence-electron chi connectivity index (χ2n) is 5.80. The van der Waals surface area contributed by atoms with E-state index >= 15 is 0 Å². The maximum Gasteiger partial charge on any atom is 0.225 e. The lowest BCUT2D eigenvalue weighted by molar-refractivity contribution is -0.147. The molecule has 0 unspecified atom stereocenters. The van der Waals surface area contributed by atoms with Crippen LogP contribution in [0.2, 0.25) is 0 Å². The maximum atomic E-state index is 12.1. The highest BCUT2D eigenvalue weighted by Gasteiger charge is 2.41. The number of carbonyl (C=O) groups excluding carboxylic acids is 1. The number of methoxy groups -OCH3 is 1. The predicted octanol–water partition coefficient (Wildman–Crippen LogP) is 1.32. The number of likely N-dealkylation sites (tertiary alicyclic amines) is 1. The first kappa shape index (κ1) is 12.8. The van der Waals surface area contributed by atoms with E-state index in [0.29, 0.717) is 32.4 Å². The lowest BCUT2D eigenvalue weighted by atomic mass is 9.77. The van der Waals surface area contributed by atoms with Gasteiger partial charge in [-0.1, -0.05) is 0 Å². The van der Waals surface area contributed by atoms with E-state index in [4.69, 9.17) is 4.74 Å². The van der Waals surface area contributed by atoms with Gasteiger partial charge in [-0.15, -0.1) is 0 Å². The molecule has 1 N–H and O–H groups in total. The van der Waals surface area contributed by atoms with Gasteiger partial charge < -0.3 is 14.7 Å². The van der Waals surface area contributed by atoms with Crippen LogP contribution in [0.25, 0.3) is 0 Å². The minimum Gasteiger partial charge on any atom is -0.390 e. The van der Waals surface area contributed by atoms with Crippen LogP contribution >= 0.6 is 0 Å². The Labute approximate surface area is 103 Å². The summed E-state index contributed by atoms with van der Waals surface area (Å²) in [5, 5.41) is 9.85. The molecule has 0 aromatic carbocycles. The van der Waals surface area contributed by atoms with Crippen LogP contribution in [0.4, 0.5) is 0 Å². The number of hydrogen-bond donors (Lipinski definition) is 1. The Kier molecular flexibility index (Phi) is 3.46. The number of rotatable bonds is 3. The summed E-state index contributed by atoms with van der Waals surface area (Å²) in [6, 6.07) is 0. The summed E-state index contributed by atoms with van der Waals surface area (Å²) in [6.07, 6.45) is 5.03. The van der Waals surface area contributed by atoms with E-state index in [9.17, 15) is 9.90 Å². The Bertz CT molecular complexity index is 282. The van der Waals surface area contributed by atoms with Crippen molar-refractivity contribution in [2.75, 3.05) is 20.2 Å². The Morgan fingerprint density at radius 2 is 1.88 bits per heavy atom. The minimum atomic E-state index is -0.591. The molecule has 1 saturated carbocycles. The van der Waals surface area contributed by atoms with Gasteiger partial charge in [0.2, 0.25) is 5.91 Å². The number of piperidine rings is 1. The van der Waals surface area contributed by atoms with Crippen molar-refractivity contribution in [3.8, 4) is 0 Å². The minimum absolute atomic E-state index is 0.182. The first-order valence-corrected chi connectivity index (χ1v) is 6.52. The molecule has 2 fully saturated rings. The molecule has 0 aromatic heterocycles. The number of amides is 1. The Hall–Kier alpha value is -0.610. The molecule has 1 saturated heterocycles. The van der Waals surface area contributed by atoms with Crippen molar-refractivity contribution >= 4 is 5.91 Å². The summed E-state index contributed by atoms with van der Waals surface area (Å²) < 4.78 is 5.48. The fourth-order valence-electron chi connectivity index (χ4n) is 2.65. The second-order valence-corrected chi connectivity index (χ2v) is 5.80. The molecule has 0 aromatic rings. The van der Waals surface area contributed by atoms with Crippen LogP contribution < -0.4 is 0 Å². The topological polar surface area (TPSA) is 49.8 Å². The van der Waals surface area contributed by atoms with Crippen LogP contribution in [0.15, 0.2) is 0 Å². The molecule has 1 heterocycles. The van der Waals surface area contributed by atoms with Gasteiger partial charge in [0, 0.05) is 20.2 Å². The fourth-order valence-corrected chi connectivity index (χ4v) is 2.65. The largest absolute Gasteiger partial charge is 0.390 e. The third-order valence-electron chi connectivity index (χ3n) is 4.36. The van der Waals surface area contributed by atoms with E-state index in [1.807, 2.05) is 11.8 Å². The lowest BCUT2D eigenvalue weighted by Crippen LogP contribution is -2.49. The molecule has 4 nitrogen and oxygen atoms in total. The average Bonchev–Trinajstić information content (AvgIpc) is 2.23. The molecule has 2 rings (SSSR count). The standard InChI is InChI=1S/C13H23NO3/c1-12(16)6-8-14(9-7-12)11(15)10-13(17-2)4-3-5-13/h16H,3-10H2,1-2H3. The zero-order valence-corrected chi connectivity index (χ0v) is 10.9. The van der Waals surface area contributed by atoms with Crippen LogP contribution in [0.3, 0.4) is 0 Å². The number of aliphatic hydroxyl groups is 1. The summed E-state index contributed by atoms with van der Waals surface area (Å²) >= 11 is 0. The van der Waals surface area contributed by atoms with E-state index in [0.717, 1.165) is 19.3 Å². The Morgan fingerprint density at radius 3 is 2.29 bits per heavy atom. The molecule has 1 aliphatic heterocycles. The van der Waals surface area contributed by atoms with Gasteiger partial charge in [-0.25, -0.2) is 0 Å². The number of carbonyl (C=O) groups is 1. The molecule has 98 valence electrons. The molecule has 0 atom stereocenters. The van der Waals surface area contributed by atoms with E-state index in [1.165, 1.54) is 0 Å². The molecule has 2 aliphatic rings. The molecular weight excluding hydrogens is 218 g/mol. The molecule has 4 heteroatoms. The van der Waals surface area contributed by atoms with Gasteiger partial charge in [0.1, 0.15) is 0 Å². The second kappa shape index (κ2) is 4.58. The Balaban J connectivity index is 1.85. The summed E-state index contributed by atoms with van der Waals surface area (Å²) in [6.45, 7) is 3.19. The first-order valence-electron chi connectivity index (χ1n) is 6.52. The van der Waals surface area contributed by atoms with E-state index in [2.05, 4.69) is 0 Å². The van der Waals surface area contributed by atoms with Crippen molar-refractivity contribution in [2.45, 2.75) is 56.7 Å². The molecule has 17 heavy (non-hydrogen) atoms. The van der Waals surface area contributed by atoms with Crippen LogP contribution in [-0.2, 0) is 9.53 Å². The van der Waals surface area contributed by atoms with Crippen molar-refractivity contribution in [1.29, 1.82) is 0 Å². The molecule has 1 amide bonds. The molecule has 1 aliphatic carbocycles. The monoisotopic (exact) mass is 241 g/mol. The van der Waals surface area contributed by atoms with Crippen LogP contribution in [0.1, 0.15) is 45.4 Å². The molecule has 0 spiro atoms. The number of ether oxygens (including phenoxy) is 1. The Morgan fingerprint density at radius 1 is 1.29 bits per heavy atom. The van der Waals surface area contributed by atoms with Gasteiger partial charge in [0.15, 0.2) is 0 Å². The van der Waals surface area contributed by atoms with Crippen LogP contribution in [0.5, 0.6) is 0 Å².